The number of hydrogen-bond donors (Lipinski definition) is 1. The molecule has 1 atom stereocenters. The number of carbonyl (C=O) groups excluding carboxylic acids is 1. The maximum atomic E-state index is 13.3. The first-order chi connectivity index (χ1) is 16.9. The van der Waals surface area contributed by atoms with E-state index in [1.165, 1.54) is 43.6 Å². The number of aryl methyl sites for hydroxylation is 1. The molecular formula is C25H27FN4O5. The summed E-state index contributed by atoms with van der Waals surface area (Å²) in [5, 5.41) is 10.1. The molecule has 184 valence electrons. The van der Waals surface area contributed by atoms with Gasteiger partial charge in [0.1, 0.15) is 23.0 Å². The van der Waals surface area contributed by atoms with Gasteiger partial charge < -0.3 is 29.1 Å². The van der Waals surface area contributed by atoms with E-state index in [0.29, 0.717) is 36.9 Å². The predicted octanol–water partition coefficient (Wildman–Crippen LogP) is 3.06. The van der Waals surface area contributed by atoms with Crippen LogP contribution in [0, 0.1) is 12.7 Å². The average molecular weight is 483 g/mol. The summed E-state index contributed by atoms with van der Waals surface area (Å²) in [5.74, 6) is 0.990. The van der Waals surface area contributed by atoms with E-state index in [4.69, 9.17) is 14.2 Å². The molecule has 1 aliphatic rings. The highest BCUT2D eigenvalue weighted by atomic mass is 19.1. The zero-order valence-corrected chi connectivity index (χ0v) is 19.8. The summed E-state index contributed by atoms with van der Waals surface area (Å²) in [5.41, 5.74) is 1.81. The van der Waals surface area contributed by atoms with Crippen molar-refractivity contribution >= 4 is 11.6 Å². The lowest BCUT2D eigenvalue weighted by molar-refractivity contribution is 0.0558. The van der Waals surface area contributed by atoms with Gasteiger partial charge in [-0.2, -0.15) is 0 Å². The van der Waals surface area contributed by atoms with Gasteiger partial charge in [0.25, 0.3) is 5.91 Å². The summed E-state index contributed by atoms with van der Waals surface area (Å²) in [6, 6.07) is 8.43. The van der Waals surface area contributed by atoms with Gasteiger partial charge in [-0.3, -0.25) is 9.78 Å². The molecule has 0 unspecified atom stereocenters. The van der Waals surface area contributed by atoms with E-state index in [9.17, 15) is 14.3 Å². The minimum absolute atomic E-state index is 0.162. The lowest BCUT2D eigenvalue weighted by atomic mass is 10.1. The Morgan fingerprint density at radius 1 is 1.06 bits per heavy atom. The molecule has 1 aliphatic heterocycles. The third-order valence-electron chi connectivity index (χ3n) is 5.81. The van der Waals surface area contributed by atoms with Crippen LogP contribution in [0.25, 0.3) is 0 Å². The molecule has 3 heterocycles. The molecular weight excluding hydrogens is 455 g/mol. The lowest BCUT2D eigenvalue weighted by Gasteiger charge is -2.41. The van der Waals surface area contributed by atoms with Crippen LogP contribution in [0.1, 0.15) is 16.2 Å². The summed E-state index contributed by atoms with van der Waals surface area (Å²) in [6.07, 6.45) is 3.13. The van der Waals surface area contributed by atoms with Gasteiger partial charge in [0.15, 0.2) is 11.5 Å². The highest BCUT2D eigenvalue weighted by Gasteiger charge is 2.33. The number of amides is 1. The second-order valence-electron chi connectivity index (χ2n) is 8.05. The number of benzene rings is 1. The van der Waals surface area contributed by atoms with E-state index < -0.39 is 6.04 Å². The number of pyridine rings is 2. The Kier molecular flexibility index (Phi) is 7.31. The standard InChI is InChI=1S/C25H27FN4O5/c1-16-10-22(33-2)21(12-27-16)29-8-9-30(18(14-29)15-31)25(32)20-11-23(34-3)24(13-28-20)35-19-6-4-17(26)5-7-19/h4-7,10-13,18,31H,8-9,14-15H2,1-3H3/t18-/m1/s1. The highest BCUT2D eigenvalue weighted by molar-refractivity contribution is 5.93. The molecule has 0 radical (unpaired) electrons. The van der Waals surface area contributed by atoms with Gasteiger partial charge in [-0.05, 0) is 31.2 Å². The molecule has 0 bridgehead atoms. The fourth-order valence-electron chi connectivity index (χ4n) is 3.98. The van der Waals surface area contributed by atoms with Gasteiger partial charge in [0.05, 0.1) is 44.9 Å². The molecule has 0 saturated carbocycles. The third kappa shape index (κ3) is 5.27. The average Bonchev–Trinajstić information content (AvgIpc) is 2.89. The van der Waals surface area contributed by atoms with Crippen LogP contribution in [0.2, 0.25) is 0 Å². The van der Waals surface area contributed by atoms with Gasteiger partial charge >= 0.3 is 0 Å². The van der Waals surface area contributed by atoms with E-state index in [1.54, 1.807) is 18.2 Å². The summed E-state index contributed by atoms with van der Waals surface area (Å²) in [7, 11) is 3.06. The molecule has 3 aromatic rings. The maximum absolute atomic E-state index is 13.3. The molecule has 1 aromatic carbocycles. The van der Waals surface area contributed by atoms with Crippen molar-refractivity contribution in [3.63, 3.8) is 0 Å². The predicted molar refractivity (Wildman–Crippen MR) is 127 cm³/mol. The molecule has 35 heavy (non-hydrogen) atoms. The number of rotatable bonds is 7. The number of aliphatic hydroxyl groups is 1. The number of aromatic nitrogens is 2. The highest BCUT2D eigenvalue weighted by Crippen LogP contribution is 2.33. The van der Waals surface area contributed by atoms with Crippen molar-refractivity contribution in [2.75, 3.05) is 45.4 Å². The SMILES string of the molecule is COc1cc(C(=O)N2CCN(c3cnc(C)cc3OC)C[C@@H]2CO)ncc1Oc1ccc(F)cc1. The second-order valence-corrected chi connectivity index (χ2v) is 8.05. The van der Waals surface area contributed by atoms with Crippen LogP contribution in [-0.4, -0.2) is 72.4 Å². The number of nitrogens with zero attached hydrogens (tertiary/aromatic N) is 4. The molecule has 1 N–H and O–H groups in total. The minimum Gasteiger partial charge on any atom is -0.494 e. The largest absolute Gasteiger partial charge is 0.494 e. The topological polar surface area (TPSA) is 97.3 Å². The van der Waals surface area contributed by atoms with Crippen LogP contribution in [0.4, 0.5) is 10.1 Å². The molecule has 10 heteroatoms. The van der Waals surface area contributed by atoms with E-state index >= 15 is 0 Å². The summed E-state index contributed by atoms with van der Waals surface area (Å²) in [4.78, 5) is 25.6. The first kappa shape index (κ1) is 24.2. The molecule has 1 fully saturated rings. The van der Waals surface area contributed by atoms with Gasteiger partial charge in [0, 0.05) is 37.5 Å². The number of carbonyl (C=O) groups is 1. The Balaban J connectivity index is 1.51. The van der Waals surface area contributed by atoms with Crippen molar-refractivity contribution in [1.29, 1.82) is 0 Å². The molecule has 0 aliphatic carbocycles. The fraction of sp³-hybridized carbons (Fsp3) is 0.320. The smallest absolute Gasteiger partial charge is 0.273 e. The van der Waals surface area contributed by atoms with Gasteiger partial charge in [-0.25, -0.2) is 9.37 Å². The second kappa shape index (κ2) is 10.6. The first-order valence-corrected chi connectivity index (χ1v) is 11.1. The van der Waals surface area contributed by atoms with Gasteiger partial charge in [-0.15, -0.1) is 0 Å². The quantitative estimate of drug-likeness (QED) is 0.549. The van der Waals surface area contributed by atoms with Crippen LogP contribution in [0.3, 0.4) is 0 Å². The number of aliphatic hydroxyl groups excluding tert-OH is 1. The summed E-state index contributed by atoms with van der Waals surface area (Å²) in [6.45, 7) is 2.99. The Morgan fingerprint density at radius 3 is 2.49 bits per heavy atom. The number of methoxy groups -OCH3 is 2. The number of ether oxygens (including phenoxy) is 3. The zero-order chi connectivity index (χ0) is 24.9. The lowest BCUT2D eigenvalue weighted by Crippen LogP contribution is -2.57. The summed E-state index contributed by atoms with van der Waals surface area (Å²) >= 11 is 0. The molecule has 9 nitrogen and oxygen atoms in total. The van der Waals surface area contributed by atoms with E-state index in [-0.39, 0.29) is 29.8 Å². The van der Waals surface area contributed by atoms with Crippen LogP contribution < -0.4 is 19.1 Å². The minimum atomic E-state index is -0.454. The van der Waals surface area contributed by atoms with E-state index in [1.807, 2.05) is 17.9 Å². The molecule has 4 rings (SSSR count). The van der Waals surface area contributed by atoms with E-state index in [2.05, 4.69) is 9.97 Å². The Morgan fingerprint density at radius 2 is 1.80 bits per heavy atom. The van der Waals surface area contributed by atoms with Crippen molar-refractivity contribution in [2.45, 2.75) is 13.0 Å². The maximum Gasteiger partial charge on any atom is 0.273 e. The van der Waals surface area contributed by atoms with Crippen LogP contribution in [0.5, 0.6) is 23.0 Å². The molecule has 2 aromatic heterocycles. The Bertz CT molecular complexity index is 1190. The summed E-state index contributed by atoms with van der Waals surface area (Å²) < 4.78 is 29.8. The number of piperazine rings is 1. The molecule has 1 amide bonds. The normalized spacial score (nSPS) is 15.6. The first-order valence-electron chi connectivity index (χ1n) is 11.1. The molecule has 1 saturated heterocycles. The van der Waals surface area contributed by atoms with Crippen molar-refractivity contribution < 1.29 is 28.5 Å². The van der Waals surface area contributed by atoms with E-state index in [0.717, 1.165) is 11.4 Å². The van der Waals surface area contributed by atoms with Crippen LogP contribution in [0.15, 0.2) is 48.8 Å². The monoisotopic (exact) mass is 482 g/mol. The van der Waals surface area contributed by atoms with Gasteiger partial charge in [-0.1, -0.05) is 0 Å². The fourth-order valence-corrected chi connectivity index (χ4v) is 3.98. The zero-order valence-electron chi connectivity index (χ0n) is 19.8. The number of anilines is 1. The number of hydrogen-bond acceptors (Lipinski definition) is 8. The Labute approximate surface area is 202 Å². The third-order valence-corrected chi connectivity index (χ3v) is 5.81. The number of halogens is 1. The van der Waals surface area contributed by atoms with Crippen molar-refractivity contribution in [1.82, 2.24) is 14.9 Å². The Hall–Kier alpha value is -3.92. The van der Waals surface area contributed by atoms with Crippen molar-refractivity contribution in [2.24, 2.45) is 0 Å². The van der Waals surface area contributed by atoms with Crippen molar-refractivity contribution in [3.05, 3.63) is 66.0 Å². The molecule has 0 spiro atoms. The van der Waals surface area contributed by atoms with Crippen molar-refractivity contribution in [3.8, 4) is 23.0 Å². The van der Waals surface area contributed by atoms with Gasteiger partial charge in [0.2, 0.25) is 0 Å². The van der Waals surface area contributed by atoms with Crippen LogP contribution >= 0.6 is 0 Å². The van der Waals surface area contributed by atoms with Crippen LogP contribution in [-0.2, 0) is 0 Å².